The standard InChI is InChI=1S/C24H15I3/c25-22-7-1-16(2-8-22)19-13-20(17-3-9-23(26)10-4-17)15-21(14-19)18-5-11-24(27)12-6-18/h1-15H. The summed E-state index contributed by atoms with van der Waals surface area (Å²) in [6.45, 7) is 0. The van der Waals surface area contributed by atoms with Crippen LogP contribution in [0.3, 0.4) is 0 Å². The molecule has 0 fully saturated rings. The maximum atomic E-state index is 2.35. The topological polar surface area (TPSA) is 0 Å². The van der Waals surface area contributed by atoms with Gasteiger partial charge in [0.25, 0.3) is 0 Å². The zero-order valence-corrected chi connectivity index (χ0v) is 20.8. The van der Waals surface area contributed by atoms with E-state index in [1.165, 1.54) is 44.1 Å². The lowest BCUT2D eigenvalue weighted by Crippen LogP contribution is -1.87. The Morgan fingerprint density at radius 2 is 0.519 bits per heavy atom. The number of hydrogen-bond acceptors (Lipinski definition) is 0. The summed E-state index contributed by atoms with van der Waals surface area (Å²) in [4.78, 5) is 0. The highest BCUT2D eigenvalue weighted by atomic mass is 127. The predicted molar refractivity (Wildman–Crippen MR) is 141 cm³/mol. The molecule has 4 rings (SSSR count). The van der Waals surface area contributed by atoms with E-state index in [-0.39, 0.29) is 0 Å². The number of benzene rings is 4. The Morgan fingerprint density at radius 1 is 0.296 bits per heavy atom. The Balaban J connectivity index is 1.89. The van der Waals surface area contributed by atoms with Crippen LogP contribution in [0, 0.1) is 10.7 Å². The van der Waals surface area contributed by atoms with Crippen LogP contribution in [0.4, 0.5) is 0 Å². The van der Waals surface area contributed by atoms with Crippen molar-refractivity contribution in [2.75, 3.05) is 0 Å². The molecule has 4 aromatic carbocycles. The van der Waals surface area contributed by atoms with Gasteiger partial charge in [-0.3, -0.25) is 0 Å². The third-order valence-electron chi connectivity index (χ3n) is 4.47. The van der Waals surface area contributed by atoms with Gasteiger partial charge in [0.1, 0.15) is 0 Å². The van der Waals surface area contributed by atoms with Crippen molar-refractivity contribution in [3.8, 4) is 33.4 Å². The highest BCUT2D eigenvalue weighted by Crippen LogP contribution is 2.33. The van der Waals surface area contributed by atoms with E-state index in [9.17, 15) is 0 Å². The maximum Gasteiger partial charge on any atom is 0.0130 e. The molecule has 3 heteroatoms. The molecule has 0 aliphatic heterocycles. The maximum absolute atomic E-state index is 2.35. The second-order valence-corrected chi connectivity index (χ2v) is 10.1. The highest BCUT2D eigenvalue weighted by Gasteiger charge is 2.08. The van der Waals surface area contributed by atoms with E-state index in [0.717, 1.165) is 0 Å². The summed E-state index contributed by atoms with van der Waals surface area (Å²) in [5.41, 5.74) is 7.47. The van der Waals surface area contributed by atoms with Crippen molar-refractivity contribution in [3.05, 3.63) is 102 Å². The molecule has 0 N–H and O–H groups in total. The van der Waals surface area contributed by atoms with Crippen LogP contribution < -0.4 is 0 Å². The molecule has 0 unspecified atom stereocenters. The molecule has 132 valence electrons. The predicted octanol–water partition coefficient (Wildman–Crippen LogP) is 8.50. The average molecular weight is 684 g/mol. The van der Waals surface area contributed by atoms with Gasteiger partial charge in [-0.15, -0.1) is 0 Å². The third-order valence-corrected chi connectivity index (χ3v) is 6.62. The van der Waals surface area contributed by atoms with Crippen molar-refractivity contribution in [2.45, 2.75) is 0 Å². The fraction of sp³-hybridized carbons (Fsp3) is 0. The molecule has 0 aliphatic rings. The largest absolute Gasteiger partial charge is 0.0533 e. The summed E-state index contributed by atoms with van der Waals surface area (Å²) < 4.78 is 3.76. The van der Waals surface area contributed by atoms with Crippen LogP contribution in [0.25, 0.3) is 33.4 Å². The van der Waals surface area contributed by atoms with E-state index in [0.29, 0.717) is 0 Å². The van der Waals surface area contributed by atoms with Crippen LogP contribution in [-0.2, 0) is 0 Å². The number of halogens is 3. The Kier molecular flexibility index (Phi) is 6.18. The molecular weight excluding hydrogens is 669 g/mol. The summed E-state index contributed by atoms with van der Waals surface area (Å²) in [5.74, 6) is 0. The molecule has 0 heterocycles. The van der Waals surface area contributed by atoms with Crippen LogP contribution in [0.15, 0.2) is 91.0 Å². The van der Waals surface area contributed by atoms with Crippen LogP contribution in [0.1, 0.15) is 0 Å². The second kappa shape index (κ2) is 8.61. The lowest BCUT2D eigenvalue weighted by Gasteiger charge is -2.12. The second-order valence-electron chi connectivity index (χ2n) is 6.32. The van der Waals surface area contributed by atoms with Crippen LogP contribution in [0.5, 0.6) is 0 Å². The van der Waals surface area contributed by atoms with Crippen molar-refractivity contribution in [2.24, 2.45) is 0 Å². The molecule has 0 atom stereocenters. The lowest BCUT2D eigenvalue weighted by molar-refractivity contribution is 1.54. The summed E-state index contributed by atoms with van der Waals surface area (Å²) in [6, 6.07) is 33.1. The Labute approximate surface area is 200 Å². The van der Waals surface area contributed by atoms with Crippen LogP contribution in [-0.4, -0.2) is 0 Å². The smallest absolute Gasteiger partial charge is 0.0130 e. The molecule has 0 nitrogen and oxygen atoms in total. The van der Waals surface area contributed by atoms with E-state index in [4.69, 9.17) is 0 Å². The lowest BCUT2D eigenvalue weighted by atomic mass is 9.93. The average Bonchev–Trinajstić information content (AvgIpc) is 2.69. The molecule has 4 aromatic rings. The molecule has 27 heavy (non-hydrogen) atoms. The van der Waals surface area contributed by atoms with Crippen LogP contribution >= 0.6 is 67.8 Å². The van der Waals surface area contributed by atoms with Crippen molar-refractivity contribution in [1.29, 1.82) is 0 Å². The molecule has 0 saturated heterocycles. The zero-order valence-electron chi connectivity index (χ0n) is 14.3. The minimum absolute atomic E-state index is 1.24. The molecule has 0 spiro atoms. The van der Waals surface area contributed by atoms with Gasteiger partial charge in [-0.25, -0.2) is 0 Å². The van der Waals surface area contributed by atoms with E-state index in [1.807, 2.05) is 0 Å². The zero-order chi connectivity index (χ0) is 18.8. The Morgan fingerprint density at radius 3 is 0.741 bits per heavy atom. The Hall–Kier alpha value is -0.930. The highest BCUT2D eigenvalue weighted by molar-refractivity contribution is 14.1. The van der Waals surface area contributed by atoms with Gasteiger partial charge in [0, 0.05) is 10.7 Å². The first kappa shape index (κ1) is 19.4. The monoisotopic (exact) mass is 684 g/mol. The summed E-state index contributed by atoms with van der Waals surface area (Å²) in [6.07, 6.45) is 0. The fourth-order valence-corrected chi connectivity index (χ4v) is 4.13. The fourth-order valence-electron chi connectivity index (χ4n) is 3.05. The summed E-state index contributed by atoms with van der Waals surface area (Å²) in [5, 5.41) is 0. The van der Waals surface area contributed by atoms with Gasteiger partial charge in [-0.05, 0) is 156 Å². The van der Waals surface area contributed by atoms with Crippen molar-refractivity contribution in [3.63, 3.8) is 0 Å². The van der Waals surface area contributed by atoms with Gasteiger partial charge in [-0.2, -0.15) is 0 Å². The summed E-state index contributed by atoms with van der Waals surface area (Å²) in [7, 11) is 0. The minimum Gasteiger partial charge on any atom is -0.0533 e. The molecular formula is C24H15I3. The Bertz CT molecular complexity index is 910. The molecule has 0 aromatic heterocycles. The van der Waals surface area contributed by atoms with Gasteiger partial charge >= 0.3 is 0 Å². The number of hydrogen-bond donors (Lipinski definition) is 0. The van der Waals surface area contributed by atoms with E-state index in [1.54, 1.807) is 0 Å². The van der Waals surface area contributed by atoms with E-state index >= 15 is 0 Å². The van der Waals surface area contributed by atoms with Crippen LogP contribution in [0.2, 0.25) is 0 Å². The van der Waals surface area contributed by atoms with Gasteiger partial charge in [-0.1, -0.05) is 36.4 Å². The third kappa shape index (κ3) is 4.74. The van der Waals surface area contributed by atoms with Crippen molar-refractivity contribution < 1.29 is 0 Å². The number of rotatable bonds is 3. The van der Waals surface area contributed by atoms with Gasteiger partial charge in [0.05, 0.1) is 0 Å². The van der Waals surface area contributed by atoms with Crippen molar-refractivity contribution in [1.82, 2.24) is 0 Å². The molecule has 0 aliphatic carbocycles. The summed E-state index contributed by atoms with van der Waals surface area (Å²) >= 11 is 7.06. The molecule has 0 saturated carbocycles. The molecule has 0 radical (unpaired) electrons. The molecule has 0 amide bonds. The van der Waals surface area contributed by atoms with Gasteiger partial charge in [0.15, 0.2) is 0 Å². The first-order valence-electron chi connectivity index (χ1n) is 8.51. The van der Waals surface area contributed by atoms with E-state index in [2.05, 4.69) is 159 Å². The first-order valence-corrected chi connectivity index (χ1v) is 11.7. The van der Waals surface area contributed by atoms with Gasteiger partial charge < -0.3 is 0 Å². The van der Waals surface area contributed by atoms with Gasteiger partial charge in [0.2, 0.25) is 0 Å². The van der Waals surface area contributed by atoms with Crippen molar-refractivity contribution >= 4 is 67.8 Å². The molecule has 0 bridgehead atoms. The quantitative estimate of drug-likeness (QED) is 0.190. The SMILES string of the molecule is Ic1ccc(-c2cc(-c3ccc(I)cc3)cc(-c3ccc(I)cc3)c2)cc1. The van der Waals surface area contributed by atoms with E-state index < -0.39 is 0 Å². The first-order chi connectivity index (χ1) is 13.1. The normalized spacial score (nSPS) is 10.8. The minimum atomic E-state index is 1.24.